The molecule has 0 heterocycles. The molecule has 278 valence electrons. The van der Waals surface area contributed by atoms with E-state index in [-0.39, 0.29) is 57.1 Å². The van der Waals surface area contributed by atoms with Crippen molar-refractivity contribution in [1.82, 2.24) is 0 Å². The normalized spacial score (nSPS) is 9.67. The van der Waals surface area contributed by atoms with Crippen LogP contribution in [0.2, 0.25) is 0 Å². The van der Waals surface area contributed by atoms with E-state index in [0.717, 1.165) is 0 Å². The van der Waals surface area contributed by atoms with Crippen LogP contribution in [0.15, 0.2) is 109 Å². The summed E-state index contributed by atoms with van der Waals surface area (Å²) in [7, 11) is 0. The summed E-state index contributed by atoms with van der Waals surface area (Å²) in [5.41, 5.74) is 1.38. The summed E-state index contributed by atoms with van der Waals surface area (Å²) in [6.45, 7) is 19.3. The lowest BCUT2D eigenvalue weighted by Gasteiger charge is -2.12. The number of rotatable bonds is 9. The monoisotopic (exact) mass is 744 g/mol. The van der Waals surface area contributed by atoms with Crippen molar-refractivity contribution in [2.45, 2.75) is 34.1 Å². The third-order valence-corrected chi connectivity index (χ3v) is 6.46. The minimum atomic E-state index is -1.45. The predicted octanol–water partition coefficient (Wildman–Crippen LogP) is 6.39. The van der Waals surface area contributed by atoms with E-state index in [0.29, 0.717) is 16.7 Å². The molecule has 0 aliphatic heterocycles. The van der Waals surface area contributed by atoms with Crippen molar-refractivity contribution in [2.75, 3.05) is 0 Å². The Labute approximate surface area is 315 Å². The molecule has 0 aliphatic rings. The number of hydrogen-bond acceptors (Lipinski definition) is 13. The van der Waals surface area contributed by atoms with Gasteiger partial charge in [0.25, 0.3) is 0 Å². The molecule has 13 heteroatoms. The van der Waals surface area contributed by atoms with Crippen molar-refractivity contribution >= 4 is 42.2 Å². The van der Waals surface area contributed by atoms with Crippen LogP contribution in [-0.4, -0.2) is 42.2 Å². The lowest BCUT2D eigenvalue weighted by molar-refractivity contribution is -0.156. The van der Waals surface area contributed by atoms with Crippen LogP contribution in [0.25, 0.3) is 0 Å². The van der Waals surface area contributed by atoms with Gasteiger partial charge in [-0.25, -0.2) is 28.8 Å². The maximum absolute atomic E-state index is 12.7. The smallest absolute Gasteiger partial charge is 0.422 e. The van der Waals surface area contributed by atoms with E-state index >= 15 is 0 Å². The summed E-state index contributed by atoms with van der Waals surface area (Å²) in [4.78, 5) is 84.5. The summed E-state index contributed by atoms with van der Waals surface area (Å²) < 4.78 is 29.7. The topological polar surface area (TPSA) is 175 Å². The summed E-state index contributed by atoms with van der Waals surface area (Å²) in [5.74, 6) is 6.43. The minimum absolute atomic E-state index is 0.00829. The summed E-state index contributed by atoms with van der Waals surface area (Å²) >= 11 is 0. The zero-order valence-electron chi connectivity index (χ0n) is 30.1. The van der Waals surface area contributed by atoms with Gasteiger partial charge in [-0.1, -0.05) is 62.1 Å². The Bertz CT molecular complexity index is 2270. The molecule has 0 spiro atoms. The third-order valence-electron chi connectivity index (χ3n) is 6.46. The van der Waals surface area contributed by atoms with Gasteiger partial charge in [0, 0.05) is 39.0 Å². The Morgan fingerprint density at radius 3 is 1.42 bits per heavy atom. The fourth-order valence-corrected chi connectivity index (χ4v) is 3.67. The van der Waals surface area contributed by atoms with Gasteiger partial charge in [0.15, 0.2) is 11.5 Å². The number of carbonyl (C=O) groups is 7. The molecule has 0 amide bonds. The van der Waals surface area contributed by atoms with Crippen LogP contribution in [0.4, 0.5) is 9.59 Å². The van der Waals surface area contributed by atoms with Gasteiger partial charge in [-0.05, 0) is 81.8 Å². The average molecular weight is 745 g/mol. The largest absolute Gasteiger partial charge is 0.522 e. The number of carbonyl (C=O) groups excluding carboxylic acids is 7. The number of hydrogen-bond donors (Lipinski definition) is 0. The van der Waals surface area contributed by atoms with E-state index in [4.69, 9.17) is 18.9 Å². The van der Waals surface area contributed by atoms with Gasteiger partial charge < -0.3 is 28.4 Å². The van der Waals surface area contributed by atoms with Crippen molar-refractivity contribution < 1.29 is 62.0 Å². The standard InChI is InChI=1S/C42H32O13/c1-24(2)37(44)51-34-21-31(14-11-29-15-18-32(19-16-29)50-41(48)54-39(46)26(5)6)22-35(52-42(49)55-40(47)27(7)8)33(34)20-17-28-9-12-30(13-10-28)23-36(43)53-38(45)25(3)4/h9-10,12-13,15-16,18-19,21-22H,1,3,5,7,23H2,2,4,6,8H3. The number of esters is 5. The molecule has 0 unspecified atom stereocenters. The van der Waals surface area contributed by atoms with E-state index in [1.54, 1.807) is 24.3 Å². The molecule has 0 bridgehead atoms. The summed E-state index contributed by atoms with van der Waals surface area (Å²) in [6.07, 6.45) is -2.90. The minimum Gasteiger partial charge on any atom is -0.422 e. The summed E-state index contributed by atoms with van der Waals surface area (Å²) in [6, 6.07) is 14.7. The van der Waals surface area contributed by atoms with Gasteiger partial charge in [-0.2, -0.15) is 0 Å². The van der Waals surface area contributed by atoms with Gasteiger partial charge in [-0.15, -0.1) is 0 Å². The maximum atomic E-state index is 12.7. The quantitative estimate of drug-likeness (QED) is 0.0449. The van der Waals surface area contributed by atoms with Crippen molar-refractivity contribution in [1.29, 1.82) is 0 Å². The van der Waals surface area contributed by atoms with E-state index in [1.165, 1.54) is 64.1 Å². The van der Waals surface area contributed by atoms with Crippen molar-refractivity contribution in [2.24, 2.45) is 0 Å². The Morgan fingerprint density at radius 2 is 0.909 bits per heavy atom. The molecular weight excluding hydrogens is 712 g/mol. The Balaban J connectivity index is 2.02. The summed E-state index contributed by atoms with van der Waals surface area (Å²) in [5, 5.41) is 0. The van der Waals surface area contributed by atoms with Crippen molar-refractivity contribution in [3.05, 3.63) is 137 Å². The Kier molecular flexibility index (Phi) is 14.5. The fraction of sp³-hybridized carbons (Fsp3) is 0.119. The first-order chi connectivity index (χ1) is 25.9. The maximum Gasteiger partial charge on any atom is 0.522 e. The SMILES string of the molecule is C=C(C)C(=O)OC(=O)Cc1ccc(C#Cc2c(OC(=O)OC(=O)C(=C)C)cc(C#Cc3ccc(OC(=O)OC(=O)C(=C)C)cc3)cc2OC(=O)C(=C)C)cc1. The first kappa shape index (κ1) is 41.6. The van der Waals surface area contributed by atoms with E-state index < -0.39 is 42.2 Å². The molecule has 3 aromatic carbocycles. The average Bonchev–Trinajstić information content (AvgIpc) is 3.11. The molecular formula is C42H32O13. The van der Waals surface area contributed by atoms with Gasteiger partial charge in [0.1, 0.15) is 11.3 Å². The van der Waals surface area contributed by atoms with Gasteiger partial charge in [-0.3, -0.25) is 4.79 Å². The van der Waals surface area contributed by atoms with E-state index in [2.05, 4.69) is 59.5 Å². The Hall–Kier alpha value is -7.77. The molecule has 3 aromatic rings. The first-order valence-corrected chi connectivity index (χ1v) is 15.8. The van der Waals surface area contributed by atoms with Crippen LogP contribution in [0, 0.1) is 23.7 Å². The van der Waals surface area contributed by atoms with Crippen molar-refractivity contribution in [3.8, 4) is 40.9 Å². The zero-order chi connectivity index (χ0) is 40.8. The molecule has 0 aliphatic carbocycles. The van der Waals surface area contributed by atoms with Crippen LogP contribution >= 0.6 is 0 Å². The van der Waals surface area contributed by atoms with Crippen LogP contribution < -0.4 is 14.2 Å². The molecule has 0 atom stereocenters. The molecule has 0 saturated carbocycles. The highest BCUT2D eigenvalue weighted by atomic mass is 16.7. The van der Waals surface area contributed by atoms with Gasteiger partial charge >= 0.3 is 42.2 Å². The molecule has 0 N–H and O–H groups in total. The molecule has 13 nitrogen and oxygen atoms in total. The zero-order valence-corrected chi connectivity index (χ0v) is 30.1. The highest BCUT2D eigenvalue weighted by Gasteiger charge is 2.21. The first-order valence-electron chi connectivity index (χ1n) is 15.8. The molecule has 0 fully saturated rings. The molecule has 0 radical (unpaired) electrons. The number of benzene rings is 3. The van der Waals surface area contributed by atoms with Crippen LogP contribution in [0.1, 0.15) is 55.5 Å². The van der Waals surface area contributed by atoms with Crippen molar-refractivity contribution in [3.63, 3.8) is 0 Å². The van der Waals surface area contributed by atoms with Gasteiger partial charge in [0.05, 0.1) is 6.42 Å². The second-order valence-electron chi connectivity index (χ2n) is 11.5. The van der Waals surface area contributed by atoms with Crippen LogP contribution in [0.5, 0.6) is 17.2 Å². The van der Waals surface area contributed by atoms with Gasteiger partial charge in [0.2, 0.25) is 0 Å². The van der Waals surface area contributed by atoms with E-state index in [1.807, 2.05) is 0 Å². The lowest BCUT2D eigenvalue weighted by Crippen LogP contribution is -2.17. The lowest BCUT2D eigenvalue weighted by atomic mass is 10.1. The fourth-order valence-electron chi connectivity index (χ4n) is 3.67. The van der Waals surface area contributed by atoms with Crippen LogP contribution in [0.3, 0.4) is 0 Å². The molecule has 55 heavy (non-hydrogen) atoms. The van der Waals surface area contributed by atoms with E-state index in [9.17, 15) is 33.6 Å². The molecule has 3 rings (SSSR count). The number of ether oxygens (including phenoxy) is 6. The second-order valence-corrected chi connectivity index (χ2v) is 11.5. The predicted molar refractivity (Wildman–Crippen MR) is 195 cm³/mol. The second kappa shape index (κ2) is 19.2. The highest BCUT2D eigenvalue weighted by molar-refractivity contribution is 5.96. The molecule has 0 aromatic heterocycles. The molecule has 0 saturated heterocycles. The Morgan fingerprint density at radius 1 is 0.491 bits per heavy atom. The van der Waals surface area contributed by atoms with Crippen LogP contribution in [-0.2, 0) is 44.6 Å². The highest BCUT2D eigenvalue weighted by Crippen LogP contribution is 2.31. The third kappa shape index (κ3) is 13.4.